The minimum atomic E-state index is -5.65. The van der Waals surface area contributed by atoms with E-state index in [9.17, 15) is 30.4 Å². The Morgan fingerprint density at radius 2 is 1.45 bits per heavy atom. The van der Waals surface area contributed by atoms with Crippen LogP contribution in [-0.2, 0) is 10.0 Å². The standard InChI is InChI=1S/C26H23F5N4O2S/c27-20-6-3-7-21(28)24(20)23-13-12-22(34-23)17-10-8-16(9-11-17)18-14-32-25(33-15-18)35(19-4-1-2-5-19)38(36,37)26(29,30)31/h3,6-11,14-15,19,22H,1-2,4-5,12-13H2. The molecule has 1 fully saturated rings. The number of rotatable bonds is 6. The van der Waals surface area contributed by atoms with Crippen LogP contribution < -0.4 is 4.31 Å². The van der Waals surface area contributed by atoms with Crippen molar-refractivity contribution in [2.24, 2.45) is 4.99 Å². The summed E-state index contributed by atoms with van der Waals surface area (Å²) < 4.78 is 93.2. The molecule has 12 heteroatoms. The zero-order chi connectivity index (χ0) is 27.1. The topological polar surface area (TPSA) is 75.5 Å². The van der Waals surface area contributed by atoms with Gasteiger partial charge in [-0.15, -0.1) is 0 Å². The highest BCUT2D eigenvalue weighted by molar-refractivity contribution is 7.93. The lowest BCUT2D eigenvalue weighted by Crippen LogP contribution is -2.46. The van der Waals surface area contributed by atoms with Crippen LogP contribution >= 0.6 is 0 Å². The molecule has 6 nitrogen and oxygen atoms in total. The van der Waals surface area contributed by atoms with Crippen LogP contribution in [0.2, 0.25) is 0 Å². The largest absolute Gasteiger partial charge is 0.516 e. The predicted octanol–water partition coefficient (Wildman–Crippen LogP) is 6.34. The molecule has 1 aromatic heterocycles. The molecule has 2 aliphatic rings. The summed E-state index contributed by atoms with van der Waals surface area (Å²) in [5.74, 6) is -1.82. The SMILES string of the molecule is O=S(=O)(N(c1ncc(-c2ccc(C3CCC(c4c(F)cccc4F)=N3)cc2)cn1)C1CCCC1)C(F)(F)F. The van der Waals surface area contributed by atoms with Crippen LogP contribution in [0.1, 0.15) is 55.7 Å². The number of nitrogens with zero attached hydrogens (tertiary/aromatic N) is 4. The van der Waals surface area contributed by atoms with Crippen molar-refractivity contribution in [1.29, 1.82) is 0 Å². The first-order chi connectivity index (χ1) is 18.1. The highest BCUT2D eigenvalue weighted by Gasteiger charge is 2.53. The molecule has 38 heavy (non-hydrogen) atoms. The van der Waals surface area contributed by atoms with Crippen LogP contribution in [0.25, 0.3) is 11.1 Å². The lowest BCUT2D eigenvalue weighted by atomic mass is 10.0. The quantitative estimate of drug-likeness (QED) is 0.336. The van der Waals surface area contributed by atoms with Crippen molar-refractivity contribution in [3.63, 3.8) is 0 Å². The fourth-order valence-corrected chi connectivity index (χ4v) is 6.13. The van der Waals surface area contributed by atoms with Crippen LogP contribution in [0.15, 0.2) is 59.9 Å². The van der Waals surface area contributed by atoms with Crippen molar-refractivity contribution in [3.05, 3.63) is 77.6 Å². The van der Waals surface area contributed by atoms with E-state index in [1.165, 1.54) is 30.6 Å². The molecular formula is C26H23F5N4O2S. The van der Waals surface area contributed by atoms with Crippen LogP contribution in [-0.4, -0.2) is 35.6 Å². The summed E-state index contributed by atoms with van der Waals surface area (Å²) in [6.45, 7) is 0. The molecule has 0 amide bonds. The second-order valence-corrected chi connectivity index (χ2v) is 11.1. The smallest absolute Gasteiger partial charge is 0.281 e. The maximum absolute atomic E-state index is 14.1. The van der Waals surface area contributed by atoms with Crippen LogP contribution in [0.4, 0.5) is 27.9 Å². The van der Waals surface area contributed by atoms with E-state index in [4.69, 9.17) is 0 Å². The number of hydrogen-bond acceptors (Lipinski definition) is 5. The van der Waals surface area contributed by atoms with Crippen molar-refractivity contribution >= 4 is 21.7 Å². The molecule has 0 radical (unpaired) electrons. The molecule has 0 saturated heterocycles. The summed E-state index contributed by atoms with van der Waals surface area (Å²) in [7, 11) is -5.65. The maximum Gasteiger partial charge on any atom is 0.516 e. The van der Waals surface area contributed by atoms with Gasteiger partial charge in [0.15, 0.2) is 0 Å². The van der Waals surface area contributed by atoms with Gasteiger partial charge in [-0.3, -0.25) is 4.99 Å². The average Bonchev–Trinajstić information content (AvgIpc) is 3.57. The first-order valence-electron chi connectivity index (χ1n) is 12.1. The molecule has 1 aliphatic heterocycles. The lowest BCUT2D eigenvalue weighted by Gasteiger charge is -2.28. The first-order valence-corrected chi connectivity index (χ1v) is 13.5. The number of halogens is 5. The summed E-state index contributed by atoms with van der Waals surface area (Å²) in [5.41, 5.74) is -3.22. The molecule has 0 bridgehead atoms. The summed E-state index contributed by atoms with van der Waals surface area (Å²) in [5, 5.41) is 0. The average molecular weight is 551 g/mol. The number of aliphatic imine (C=N–C) groups is 1. The Bertz CT molecular complexity index is 1430. The number of alkyl halides is 3. The number of hydrogen-bond donors (Lipinski definition) is 0. The number of anilines is 1. The second kappa shape index (κ2) is 10.0. The summed E-state index contributed by atoms with van der Waals surface area (Å²) >= 11 is 0. The number of aromatic nitrogens is 2. The van der Waals surface area contributed by atoms with E-state index in [1.807, 2.05) is 0 Å². The highest BCUT2D eigenvalue weighted by Crippen LogP contribution is 2.37. The van der Waals surface area contributed by atoms with Gasteiger partial charge in [0, 0.05) is 29.7 Å². The highest BCUT2D eigenvalue weighted by atomic mass is 32.2. The molecule has 1 aliphatic carbocycles. The Hall–Kier alpha value is -3.41. The van der Waals surface area contributed by atoms with E-state index in [2.05, 4.69) is 15.0 Å². The van der Waals surface area contributed by atoms with Crippen molar-refractivity contribution in [3.8, 4) is 11.1 Å². The van der Waals surface area contributed by atoms with Gasteiger partial charge in [-0.1, -0.05) is 43.2 Å². The Balaban J connectivity index is 1.37. The lowest BCUT2D eigenvalue weighted by molar-refractivity contribution is -0.0441. The van der Waals surface area contributed by atoms with Gasteiger partial charge in [-0.05, 0) is 48.9 Å². The third kappa shape index (κ3) is 4.89. The monoisotopic (exact) mass is 550 g/mol. The molecule has 2 heterocycles. The van der Waals surface area contributed by atoms with Crippen molar-refractivity contribution < 1.29 is 30.4 Å². The number of benzene rings is 2. The van der Waals surface area contributed by atoms with E-state index in [-0.39, 0.29) is 11.6 Å². The Labute approximate surface area is 216 Å². The van der Waals surface area contributed by atoms with E-state index in [1.54, 1.807) is 24.3 Å². The van der Waals surface area contributed by atoms with E-state index in [0.29, 0.717) is 59.7 Å². The van der Waals surface area contributed by atoms with E-state index < -0.39 is 39.2 Å². The van der Waals surface area contributed by atoms with Gasteiger partial charge in [0.25, 0.3) is 0 Å². The molecular weight excluding hydrogens is 527 g/mol. The molecule has 5 rings (SSSR count). The summed E-state index contributed by atoms with van der Waals surface area (Å²) in [6, 6.07) is 9.69. The van der Waals surface area contributed by atoms with Gasteiger partial charge < -0.3 is 0 Å². The van der Waals surface area contributed by atoms with E-state index in [0.717, 1.165) is 5.56 Å². The molecule has 1 atom stereocenters. The minimum absolute atomic E-state index is 0.108. The van der Waals surface area contributed by atoms with Crippen molar-refractivity contribution in [2.45, 2.75) is 56.1 Å². The van der Waals surface area contributed by atoms with Gasteiger partial charge in [0.05, 0.1) is 11.6 Å². The Kier molecular flexibility index (Phi) is 6.93. The fourth-order valence-electron chi connectivity index (χ4n) is 4.99. The zero-order valence-electron chi connectivity index (χ0n) is 20.0. The normalized spacial score (nSPS) is 18.6. The molecule has 1 unspecified atom stereocenters. The van der Waals surface area contributed by atoms with Gasteiger partial charge in [-0.2, -0.15) is 21.6 Å². The zero-order valence-corrected chi connectivity index (χ0v) is 20.8. The summed E-state index contributed by atoms with van der Waals surface area (Å²) in [6.07, 6.45) is 5.45. The molecule has 200 valence electrons. The molecule has 0 N–H and O–H groups in total. The van der Waals surface area contributed by atoms with Gasteiger partial charge >= 0.3 is 15.5 Å². The maximum atomic E-state index is 14.1. The Morgan fingerprint density at radius 1 is 0.842 bits per heavy atom. The fraction of sp³-hybridized carbons (Fsp3) is 0.346. The third-order valence-corrected chi connectivity index (χ3v) is 8.45. The van der Waals surface area contributed by atoms with Crippen LogP contribution in [0.3, 0.4) is 0 Å². The summed E-state index contributed by atoms with van der Waals surface area (Å²) in [4.78, 5) is 12.5. The van der Waals surface area contributed by atoms with E-state index >= 15 is 0 Å². The van der Waals surface area contributed by atoms with Gasteiger partial charge in [-0.25, -0.2) is 23.1 Å². The van der Waals surface area contributed by atoms with Crippen LogP contribution in [0, 0.1) is 11.6 Å². The third-order valence-electron chi connectivity index (χ3n) is 6.89. The Morgan fingerprint density at radius 3 is 2.03 bits per heavy atom. The van der Waals surface area contributed by atoms with Crippen molar-refractivity contribution in [2.75, 3.05) is 4.31 Å². The minimum Gasteiger partial charge on any atom is -0.281 e. The first kappa shape index (κ1) is 26.2. The molecule has 3 aromatic rings. The number of sulfonamides is 1. The predicted molar refractivity (Wildman–Crippen MR) is 132 cm³/mol. The van der Waals surface area contributed by atoms with Crippen LogP contribution in [0.5, 0.6) is 0 Å². The van der Waals surface area contributed by atoms with Gasteiger partial charge in [0.2, 0.25) is 5.95 Å². The molecule has 2 aromatic carbocycles. The molecule has 0 spiro atoms. The van der Waals surface area contributed by atoms with Gasteiger partial charge in [0.1, 0.15) is 11.6 Å². The molecule has 1 saturated carbocycles. The second-order valence-electron chi connectivity index (χ2n) is 9.31. The van der Waals surface area contributed by atoms with Crippen molar-refractivity contribution in [1.82, 2.24) is 9.97 Å².